The summed E-state index contributed by atoms with van der Waals surface area (Å²) in [6.45, 7) is 1.63. The molecule has 0 aliphatic heterocycles. The van der Waals surface area contributed by atoms with E-state index < -0.39 is 17.6 Å². The molecule has 1 heterocycles. The molecular formula is C12H15ClN4O3S. The van der Waals surface area contributed by atoms with Crippen LogP contribution in [0.2, 0.25) is 0 Å². The van der Waals surface area contributed by atoms with Crippen LogP contribution in [0, 0.1) is 12.3 Å². The maximum atomic E-state index is 12.2. The van der Waals surface area contributed by atoms with Gasteiger partial charge in [0.15, 0.2) is 0 Å². The number of hydrogen-bond acceptors (Lipinski definition) is 6. The standard InChI is InChI=1S/C12H15ClN4O3S/c1-4-5-10-15-16-11(21-10)14-12(19)17(8(2)13)9(6-18)7-20-3/h1,6,8-9H,5,7H2,2-3H3,(H,14,16,19). The number of hydrogen-bond donors (Lipinski definition) is 1. The number of carbonyl (C=O) groups is 2. The first-order valence-electron chi connectivity index (χ1n) is 5.97. The lowest BCUT2D eigenvalue weighted by Gasteiger charge is -2.29. The van der Waals surface area contributed by atoms with Gasteiger partial charge in [-0.2, -0.15) is 0 Å². The summed E-state index contributed by atoms with van der Waals surface area (Å²) in [6, 6.07) is -1.35. The molecule has 0 radical (unpaired) electrons. The Hall–Kier alpha value is -1.69. The first-order valence-corrected chi connectivity index (χ1v) is 7.22. The van der Waals surface area contributed by atoms with E-state index in [4.69, 9.17) is 22.8 Å². The van der Waals surface area contributed by atoms with E-state index >= 15 is 0 Å². The van der Waals surface area contributed by atoms with Gasteiger partial charge in [-0.15, -0.1) is 16.6 Å². The molecule has 0 aliphatic carbocycles. The third kappa shape index (κ3) is 4.97. The van der Waals surface area contributed by atoms with Crippen LogP contribution in [0.4, 0.5) is 9.93 Å². The Morgan fingerprint density at radius 2 is 2.38 bits per heavy atom. The zero-order valence-corrected chi connectivity index (χ0v) is 13.1. The number of aldehydes is 1. The van der Waals surface area contributed by atoms with Crippen molar-refractivity contribution in [2.45, 2.75) is 24.9 Å². The average molecular weight is 331 g/mol. The highest BCUT2D eigenvalue weighted by molar-refractivity contribution is 7.15. The number of aromatic nitrogens is 2. The first-order chi connectivity index (χ1) is 10.0. The Kier molecular flexibility index (Phi) is 7.08. The van der Waals surface area contributed by atoms with E-state index in [1.165, 1.54) is 12.0 Å². The monoisotopic (exact) mass is 330 g/mol. The molecule has 114 valence electrons. The Bertz CT molecular complexity index is 529. The van der Waals surface area contributed by atoms with Crippen molar-refractivity contribution in [3.63, 3.8) is 0 Å². The lowest BCUT2D eigenvalue weighted by molar-refractivity contribution is -0.113. The molecular weight excluding hydrogens is 316 g/mol. The maximum Gasteiger partial charge on any atom is 0.325 e. The van der Waals surface area contributed by atoms with Crippen molar-refractivity contribution in [1.82, 2.24) is 15.1 Å². The van der Waals surface area contributed by atoms with Crippen LogP contribution in [0.5, 0.6) is 0 Å². The topological polar surface area (TPSA) is 84.4 Å². The van der Waals surface area contributed by atoms with Gasteiger partial charge in [-0.1, -0.05) is 28.9 Å². The van der Waals surface area contributed by atoms with Gasteiger partial charge in [0, 0.05) is 7.11 Å². The number of anilines is 1. The van der Waals surface area contributed by atoms with Crippen molar-refractivity contribution >= 4 is 40.4 Å². The fourth-order valence-electron chi connectivity index (χ4n) is 1.55. The Morgan fingerprint density at radius 3 is 2.90 bits per heavy atom. The van der Waals surface area contributed by atoms with Gasteiger partial charge < -0.3 is 9.53 Å². The van der Waals surface area contributed by atoms with E-state index in [1.807, 2.05) is 0 Å². The average Bonchev–Trinajstić information content (AvgIpc) is 2.85. The number of ether oxygens (including phenoxy) is 1. The van der Waals surface area contributed by atoms with Gasteiger partial charge in [0.25, 0.3) is 0 Å². The van der Waals surface area contributed by atoms with Crippen LogP contribution in [0.3, 0.4) is 0 Å². The fourth-order valence-corrected chi connectivity index (χ4v) is 2.46. The molecule has 1 rings (SSSR count). The van der Waals surface area contributed by atoms with Crippen molar-refractivity contribution in [2.75, 3.05) is 19.0 Å². The zero-order valence-electron chi connectivity index (χ0n) is 11.6. The molecule has 1 N–H and O–H groups in total. The van der Waals surface area contributed by atoms with E-state index in [-0.39, 0.29) is 11.7 Å². The van der Waals surface area contributed by atoms with Gasteiger partial charge in [-0.05, 0) is 6.92 Å². The van der Waals surface area contributed by atoms with E-state index in [9.17, 15) is 9.59 Å². The highest BCUT2D eigenvalue weighted by atomic mass is 35.5. The summed E-state index contributed by atoms with van der Waals surface area (Å²) in [7, 11) is 1.43. The molecule has 7 nitrogen and oxygen atoms in total. The van der Waals surface area contributed by atoms with Gasteiger partial charge in [0.1, 0.15) is 22.8 Å². The number of rotatable bonds is 7. The summed E-state index contributed by atoms with van der Waals surface area (Å²) in [4.78, 5) is 24.5. The van der Waals surface area contributed by atoms with Crippen LogP contribution in [0.15, 0.2) is 0 Å². The van der Waals surface area contributed by atoms with Crippen molar-refractivity contribution in [3.8, 4) is 12.3 Å². The van der Waals surface area contributed by atoms with Crippen molar-refractivity contribution < 1.29 is 14.3 Å². The third-order valence-electron chi connectivity index (χ3n) is 2.40. The van der Waals surface area contributed by atoms with Gasteiger partial charge in [-0.25, -0.2) is 4.79 Å². The number of terminal acetylenes is 1. The molecule has 21 heavy (non-hydrogen) atoms. The number of alkyl halides is 1. The van der Waals surface area contributed by atoms with Crippen molar-refractivity contribution in [1.29, 1.82) is 0 Å². The maximum absolute atomic E-state index is 12.2. The second kappa shape index (κ2) is 8.56. The molecule has 0 aliphatic rings. The van der Waals surface area contributed by atoms with Gasteiger partial charge in [0.05, 0.1) is 13.0 Å². The minimum Gasteiger partial charge on any atom is -0.382 e. The third-order valence-corrected chi connectivity index (χ3v) is 3.45. The summed E-state index contributed by atoms with van der Waals surface area (Å²) in [6.07, 6.45) is 6.11. The van der Waals surface area contributed by atoms with Crippen LogP contribution in [-0.4, -0.2) is 52.7 Å². The molecule has 0 bridgehead atoms. The van der Waals surface area contributed by atoms with E-state index in [1.54, 1.807) is 6.92 Å². The lowest BCUT2D eigenvalue weighted by Crippen LogP contribution is -2.49. The van der Waals surface area contributed by atoms with Crippen LogP contribution >= 0.6 is 22.9 Å². The van der Waals surface area contributed by atoms with Crippen LogP contribution < -0.4 is 5.32 Å². The molecule has 0 aromatic carbocycles. The molecule has 0 spiro atoms. The molecule has 0 fully saturated rings. The van der Waals surface area contributed by atoms with Gasteiger partial charge in [-0.3, -0.25) is 10.2 Å². The minimum atomic E-state index is -0.791. The number of amides is 2. The summed E-state index contributed by atoms with van der Waals surface area (Å²) >= 11 is 7.12. The van der Waals surface area contributed by atoms with Crippen LogP contribution in [0.25, 0.3) is 0 Å². The Balaban J connectivity index is 2.81. The highest BCUT2D eigenvalue weighted by Crippen LogP contribution is 2.18. The summed E-state index contributed by atoms with van der Waals surface area (Å²) in [5.41, 5.74) is -0.701. The van der Waals surface area contributed by atoms with E-state index in [2.05, 4.69) is 21.4 Å². The second-order valence-electron chi connectivity index (χ2n) is 3.95. The molecule has 9 heteroatoms. The highest BCUT2D eigenvalue weighted by Gasteiger charge is 2.28. The summed E-state index contributed by atoms with van der Waals surface area (Å²) in [5, 5.41) is 11.1. The number of methoxy groups -OCH3 is 1. The molecule has 1 aromatic heterocycles. The second-order valence-corrected chi connectivity index (χ2v) is 5.65. The smallest absolute Gasteiger partial charge is 0.325 e. The summed E-state index contributed by atoms with van der Waals surface area (Å²) in [5.74, 6) is 2.44. The lowest BCUT2D eigenvalue weighted by atomic mass is 10.3. The predicted octanol–water partition coefficient (Wildman–Crippen LogP) is 1.35. The quantitative estimate of drug-likeness (QED) is 0.353. The number of nitrogens with zero attached hydrogens (tertiary/aromatic N) is 3. The molecule has 2 atom stereocenters. The number of halogens is 1. The Morgan fingerprint density at radius 1 is 1.67 bits per heavy atom. The number of urea groups is 1. The Labute approximate surface area is 131 Å². The van der Waals surface area contributed by atoms with Crippen molar-refractivity contribution in [3.05, 3.63) is 5.01 Å². The van der Waals surface area contributed by atoms with E-state index in [0.29, 0.717) is 17.7 Å². The first kappa shape index (κ1) is 17.4. The van der Waals surface area contributed by atoms with E-state index in [0.717, 1.165) is 11.3 Å². The molecule has 2 unspecified atom stereocenters. The van der Waals surface area contributed by atoms with Crippen molar-refractivity contribution in [2.24, 2.45) is 0 Å². The zero-order chi connectivity index (χ0) is 15.8. The SMILES string of the molecule is C#CCc1nnc(NC(=O)N(C(C)Cl)C(C=O)COC)s1. The van der Waals surface area contributed by atoms with Gasteiger partial charge >= 0.3 is 6.03 Å². The fraction of sp³-hybridized carbons (Fsp3) is 0.500. The van der Waals surface area contributed by atoms with Crippen LogP contribution in [-0.2, 0) is 16.0 Å². The summed E-state index contributed by atoms with van der Waals surface area (Å²) < 4.78 is 4.90. The minimum absolute atomic E-state index is 0.0481. The van der Waals surface area contributed by atoms with Gasteiger partial charge in [0.2, 0.25) is 5.13 Å². The molecule has 0 saturated carbocycles. The number of carbonyl (C=O) groups excluding carboxylic acids is 2. The van der Waals surface area contributed by atoms with Crippen LogP contribution in [0.1, 0.15) is 11.9 Å². The normalized spacial score (nSPS) is 13.0. The largest absolute Gasteiger partial charge is 0.382 e. The molecule has 1 aromatic rings. The number of nitrogens with one attached hydrogen (secondary N) is 1. The predicted molar refractivity (Wildman–Crippen MR) is 80.3 cm³/mol. The molecule has 2 amide bonds. The molecule has 0 saturated heterocycles.